The molecule has 1 heterocycles. The fourth-order valence-electron chi connectivity index (χ4n) is 3.26. The van der Waals surface area contributed by atoms with Crippen molar-refractivity contribution in [1.29, 1.82) is 0 Å². The summed E-state index contributed by atoms with van der Waals surface area (Å²) in [4.78, 5) is 30.9. The first kappa shape index (κ1) is 22.0. The number of para-hydroxylation sites is 2. The van der Waals surface area contributed by atoms with E-state index in [1.54, 1.807) is 6.07 Å². The minimum absolute atomic E-state index is 0.367. The number of fused-ring (bicyclic) bond motifs is 1. The van der Waals surface area contributed by atoms with E-state index in [0.29, 0.717) is 27.8 Å². The van der Waals surface area contributed by atoms with Gasteiger partial charge in [0.05, 0.1) is 22.5 Å². The number of carbonyl (C=O) groups is 2. The highest BCUT2D eigenvalue weighted by molar-refractivity contribution is 9.10. The van der Waals surface area contributed by atoms with E-state index >= 15 is 0 Å². The molecule has 4 rings (SSSR count). The normalized spacial score (nSPS) is 10.7. The number of esters is 1. The maximum absolute atomic E-state index is 12.9. The molecule has 4 aromatic rings. The van der Waals surface area contributed by atoms with Gasteiger partial charge < -0.3 is 10.1 Å². The van der Waals surface area contributed by atoms with Crippen LogP contribution in [0.1, 0.15) is 10.4 Å². The van der Waals surface area contributed by atoms with Crippen LogP contribution in [0.15, 0.2) is 88.2 Å². The van der Waals surface area contributed by atoms with Crippen LogP contribution >= 0.6 is 27.7 Å². The van der Waals surface area contributed by atoms with Gasteiger partial charge in [-0.3, -0.25) is 4.79 Å². The molecule has 0 bridgehead atoms. The summed E-state index contributed by atoms with van der Waals surface area (Å²) in [6.07, 6.45) is 1.93. The van der Waals surface area contributed by atoms with Crippen molar-refractivity contribution in [2.75, 3.05) is 18.2 Å². The van der Waals surface area contributed by atoms with E-state index in [1.165, 1.54) is 11.8 Å². The van der Waals surface area contributed by atoms with Crippen molar-refractivity contribution in [3.05, 3.63) is 88.9 Å². The molecular weight excluding hydrogens is 488 g/mol. The zero-order valence-corrected chi connectivity index (χ0v) is 19.6. The molecule has 0 unspecified atom stereocenters. The minimum Gasteiger partial charge on any atom is -0.452 e. The standard InChI is InChI=1S/C25H19BrN2O3S/c1-32-23-9-5-4-8-21(23)28-24(29)15-31-25(30)19-14-22(16-10-12-17(26)13-11-16)27-20-7-3-2-6-18(19)20/h2-14H,15H2,1H3,(H,28,29). The molecule has 0 aliphatic heterocycles. The Balaban J connectivity index is 1.56. The summed E-state index contributed by atoms with van der Waals surface area (Å²) in [5.41, 5.74) is 3.26. The topological polar surface area (TPSA) is 68.3 Å². The Bertz CT molecular complexity index is 1290. The molecule has 0 fully saturated rings. The van der Waals surface area contributed by atoms with Gasteiger partial charge in [0.15, 0.2) is 6.61 Å². The molecule has 1 amide bonds. The molecule has 0 atom stereocenters. The van der Waals surface area contributed by atoms with E-state index in [-0.39, 0.29) is 6.61 Å². The van der Waals surface area contributed by atoms with E-state index in [2.05, 4.69) is 26.2 Å². The van der Waals surface area contributed by atoms with Crippen LogP contribution in [-0.4, -0.2) is 29.7 Å². The number of amides is 1. The molecule has 1 aromatic heterocycles. The summed E-state index contributed by atoms with van der Waals surface area (Å²) >= 11 is 4.96. The number of anilines is 1. The van der Waals surface area contributed by atoms with Crippen LogP contribution in [-0.2, 0) is 9.53 Å². The zero-order valence-electron chi connectivity index (χ0n) is 17.2. The van der Waals surface area contributed by atoms with E-state index in [9.17, 15) is 9.59 Å². The zero-order chi connectivity index (χ0) is 22.5. The summed E-state index contributed by atoms with van der Waals surface area (Å²) in [7, 11) is 0. The molecule has 3 aromatic carbocycles. The van der Waals surface area contributed by atoms with Crippen molar-refractivity contribution in [2.24, 2.45) is 0 Å². The number of aromatic nitrogens is 1. The molecule has 0 aliphatic rings. The highest BCUT2D eigenvalue weighted by Crippen LogP contribution is 2.27. The van der Waals surface area contributed by atoms with Crippen molar-refractivity contribution < 1.29 is 14.3 Å². The first-order valence-electron chi connectivity index (χ1n) is 9.81. The summed E-state index contributed by atoms with van der Waals surface area (Å²) in [6, 6.07) is 24.2. The van der Waals surface area contributed by atoms with Crippen molar-refractivity contribution in [3.8, 4) is 11.3 Å². The second-order valence-corrected chi connectivity index (χ2v) is 8.67. The van der Waals surface area contributed by atoms with Crippen molar-refractivity contribution >= 4 is 56.2 Å². The van der Waals surface area contributed by atoms with Gasteiger partial charge in [-0.1, -0.05) is 58.4 Å². The Morgan fingerprint density at radius 2 is 1.72 bits per heavy atom. The van der Waals surface area contributed by atoms with Crippen molar-refractivity contribution in [1.82, 2.24) is 4.98 Å². The molecule has 0 spiro atoms. The quantitative estimate of drug-likeness (QED) is 0.249. The lowest BCUT2D eigenvalue weighted by atomic mass is 10.0. The maximum Gasteiger partial charge on any atom is 0.339 e. The molecule has 7 heteroatoms. The third-order valence-electron chi connectivity index (χ3n) is 4.79. The van der Waals surface area contributed by atoms with Crippen molar-refractivity contribution in [3.63, 3.8) is 0 Å². The third kappa shape index (κ3) is 5.00. The highest BCUT2D eigenvalue weighted by atomic mass is 79.9. The molecule has 0 aliphatic carbocycles. The smallest absolute Gasteiger partial charge is 0.339 e. The van der Waals surface area contributed by atoms with Gasteiger partial charge >= 0.3 is 5.97 Å². The van der Waals surface area contributed by atoms with Crippen LogP contribution in [0, 0.1) is 0 Å². The monoisotopic (exact) mass is 506 g/mol. The molecule has 0 saturated heterocycles. The lowest BCUT2D eigenvalue weighted by Crippen LogP contribution is -2.21. The van der Waals surface area contributed by atoms with Gasteiger partial charge in [-0.05, 0) is 42.7 Å². The van der Waals surface area contributed by atoms with E-state index in [4.69, 9.17) is 4.74 Å². The number of hydrogen-bond donors (Lipinski definition) is 1. The molecular formula is C25H19BrN2O3S. The number of hydrogen-bond acceptors (Lipinski definition) is 5. The molecule has 5 nitrogen and oxygen atoms in total. The Kier molecular flexibility index (Phi) is 6.87. The molecule has 32 heavy (non-hydrogen) atoms. The second-order valence-electron chi connectivity index (χ2n) is 6.90. The minimum atomic E-state index is -0.574. The molecule has 0 saturated carbocycles. The summed E-state index contributed by atoms with van der Waals surface area (Å²) in [5.74, 6) is -0.971. The van der Waals surface area contributed by atoms with Gasteiger partial charge in [-0.15, -0.1) is 11.8 Å². The number of nitrogens with one attached hydrogen (secondary N) is 1. The average Bonchev–Trinajstić information content (AvgIpc) is 2.82. The highest BCUT2D eigenvalue weighted by Gasteiger charge is 2.17. The molecule has 1 N–H and O–H groups in total. The summed E-state index contributed by atoms with van der Waals surface area (Å²) in [5, 5.41) is 3.47. The Labute approximate surface area is 198 Å². The van der Waals surface area contributed by atoms with Crippen LogP contribution in [0.5, 0.6) is 0 Å². The number of thioether (sulfide) groups is 1. The Morgan fingerprint density at radius 3 is 2.50 bits per heavy atom. The third-order valence-corrected chi connectivity index (χ3v) is 6.12. The van der Waals surface area contributed by atoms with E-state index in [1.807, 2.05) is 79.1 Å². The van der Waals surface area contributed by atoms with Crippen LogP contribution in [0.2, 0.25) is 0 Å². The van der Waals surface area contributed by atoms with Gasteiger partial charge in [0, 0.05) is 20.3 Å². The van der Waals surface area contributed by atoms with Gasteiger partial charge in [-0.25, -0.2) is 9.78 Å². The Morgan fingerprint density at radius 1 is 1.00 bits per heavy atom. The van der Waals surface area contributed by atoms with Crippen LogP contribution in [0.4, 0.5) is 5.69 Å². The summed E-state index contributed by atoms with van der Waals surface area (Å²) < 4.78 is 6.32. The van der Waals surface area contributed by atoms with Crippen LogP contribution < -0.4 is 5.32 Å². The number of nitrogens with zero attached hydrogens (tertiary/aromatic N) is 1. The van der Waals surface area contributed by atoms with Crippen molar-refractivity contribution in [2.45, 2.75) is 4.90 Å². The second kappa shape index (κ2) is 9.97. The predicted octanol–water partition coefficient (Wildman–Crippen LogP) is 6.18. The van der Waals surface area contributed by atoms with E-state index in [0.717, 1.165) is 14.9 Å². The maximum atomic E-state index is 12.9. The molecule has 160 valence electrons. The number of halogens is 1. The van der Waals surface area contributed by atoms with Gasteiger partial charge in [0.2, 0.25) is 0 Å². The number of benzene rings is 3. The van der Waals surface area contributed by atoms with Gasteiger partial charge in [-0.2, -0.15) is 0 Å². The van der Waals surface area contributed by atoms with Gasteiger partial charge in [0.1, 0.15) is 0 Å². The number of ether oxygens (including phenoxy) is 1. The van der Waals surface area contributed by atoms with Crippen LogP contribution in [0.25, 0.3) is 22.2 Å². The number of carbonyl (C=O) groups excluding carboxylic acids is 2. The fourth-order valence-corrected chi connectivity index (χ4v) is 4.07. The lowest BCUT2D eigenvalue weighted by Gasteiger charge is -2.11. The largest absolute Gasteiger partial charge is 0.452 e. The van der Waals surface area contributed by atoms with E-state index < -0.39 is 11.9 Å². The average molecular weight is 507 g/mol. The first-order valence-corrected chi connectivity index (χ1v) is 11.8. The number of pyridine rings is 1. The SMILES string of the molecule is CSc1ccccc1NC(=O)COC(=O)c1cc(-c2ccc(Br)cc2)nc2ccccc12. The predicted molar refractivity (Wildman–Crippen MR) is 132 cm³/mol. The Hall–Kier alpha value is -3.16. The lowest BCUT2D eigenvalue weighted by molar-refractivity contribution is -0.119. The fraction of sp³-hybridized carbons (Fsp3) is 0.0800. The van der Waals surface area contributed by atoms with Crippen LogP contribution in [0.3, 0.4) is 0 Å². The number of rotatable bonds is 6. The first-order chi connectivity index (χ1) is 15.5. The van der Waals surface area contributed by atoms with Gasteiger partial charge in [0.25, 0.3) is 5.91 Å². The summed E-state index contributed by atoms with van der Waals surface area (Å²) in [6.45, 7) is -0.383. The molecule has 0 radical (unpaired) electrons.